The van der Waals surface area contributed by atoms with Gasteiger partial charge < -0.3 is 9.47 Å². The molecule has 0 unspecified atom stereocenters. The Labute approximate surface area is 145 Å². The molecule has 1 N–H and O–H groups in total. The highest BCUT2D eigenvalue weighted by molar-refractivity contribution is 7.87. The highest BCUT2D eigenvalue weighted by Crippen LogP contribution is 2.15. The van der Waals surface area contributed by atoms with Crippen LogP contribution in [0.5, 0.6) is 0 Å². The third-order valence-electron chi connectivity index (χ3n) is 3.86. The molecule has 1 heterocycles. The third-order valence-corrected chi connectivity index (χ3v) is 5.35. The van der Waals surface area contributed by atoms with E-state index in [9.17, 15) is 8.42 Å². The van der Waals surface area contributed by atoms with E-state index in [-0.39, 0.29) is 24.9 Å². The summed E-state index contributed by atoms with van der Waals surface area (Å²) in [6.07, 6.45) is -0.0693. The molecular weight excluding hydrogens is 328 g/mol. The molecule has 1 saturated heterocycles. The van der Waals surface area contributed by atoms with Gasteiger partial charge in [-0.1, -0.05) is 24.3 Å². The predicted molar refractivity (Wildman–Crippen MR) is 93.7 cm³/mol. The minimum atomic E-state index is -3.53. The second-order valence-corrected chi connectivity index (χ2v) is 8.28. The van der Waals surface area contributed by atoms with Gasteiger partial charge in [0.15, 0.2) is 0 Å². The molecule has 136 valence electrons. The van der Waals surface area contributed by atoms with Crippen LogP contribution in [0, 0.1) is 0 Å². The summed E-state index contributed by atoms with van der Waals surface area (Å²) >= 11 is 0. The van der Waals surface area contributed by atoms with Crippen LogP contribution in [0.4, 0.5) is 0 Å². The SMILES string of the molecule is CC(C)OCc1ccccc1CNS(=O)(=O)N1C[C@@H](C)O[C@H](C)C1. The Morgan fingerprint density at radius 3 is 2.38 bits per heavy atom. The Bertz CT molecular complexity index is 623. The molecule has 1 fully saturated rings. The monoisotopic (exact) mass is 356 g/mol. The lowest BCUT2D eigenvalue weighted by Gasteiger charge is -2.34. The summed E-state index contributed by atoms with van der Waals surface area (Å²) in [4.78, 5) is 0. The van der Waals surface area contributed by atoms with Crippen molar-refractivity contribution in [1.29, 1.82) is 0 Å². The van der Waals surface area contributed by atoms with Crippen LogP contribution in [-0.4, -0.2) is 44.1 Å². The molecule has 0 amide bonds. The van der Waals surface area contributed by atoms with Crippen molar-refractivity contribution >= 4 is 10.2 Å². The summed E-state index contributed by atoms with van der Waals surface area (Å²) in [6.45, 7) is 9.20. The number of benzene rings is 1. The second kappa shape index (κ2) is 8.40. The van der Waals surface area contributed by atoms with Crippen molar-refractivity contribution < 1.29 is 17.9 Å². The van der Waals surface area contributed by atoms with Crippen LogP contribution in [-0.2, 0) is 32.8 Å². The van der Waals surface area contributed by atoms with Crippen LogP contribution < -0.4 is 4.72 Å². The number of nitrogens with one attached hydrogen (secondary N) is 1. The highest BCUT2D eigenvalue weighted by Gasteiger charge is 2.30. The van der Waals surface area contributed by atoms with E-state index >= 15 is 0 Å². The Kier molecular flexibility index (Phi) is 6.77. The maximum atomic E-state index is 12.6. The minimum Gasteiger partial charge on any atom is -0.374 e. The Morgan fingerprint density at radius 2 is 1.79 bits per heavy atom. The largest absolute Gasteiger partial charge is 0.374 e. The van der Waals surface area contributed by atoms with Crippen LogP contribution >= 0.6 is 0 Å². The molecule has 0 bridgehead atoms. The van der Waals surface area contributed by atoms with Gasteiger partial charge in [0.1, 0.15) is 0 Å². The average molecular weight is 356 g/mol. The van der Waals surface area contributed by atoms with Crippen molar-refractivity contribution in [3.63, 3.8) is 0 Å². The fourth-order valence-electron chi connectivity index (χ4n) is 2.71. The van der Waals surface area contributed by atoms with Crippen LogP contribution in [0.1, 0.15) is 38.8 Å². The van der Waals surface area contributed by atoms with Gasteiger partial charge in [-0.2, -0.15) is 17.4 Å². The van der Waals surface area contributed by atoms with Crippen molar-refractivity contribution in [3.05, 3.63) is 35.4 Å². The molecule has 7 heteroatoms. The van der Waals surface area contributed by atoms with Gasteiger partial charge in [-0.25, -0.2) is 0 Å². The lowest BCUT2D eigenvalue weighted by Crippen LogP contribution is -2.51. The maximum absolute atomic E-state index is 12.6. The zero-order chi connectivity index (χ0) is 17.7. The predicted octanol–water partition coefficient (Wildman–Crippen LogP) is 2.06. The van der Waals surface area contributed by atoms with E-state index in [1.54, 1.807) is 0 Å². The molecule has 1 aromatic rings. The van der Waals surface area contributed by atoms with Crippen LogP contribution in [0.15, 0.2) is 24.3 Å². The van der Waals surface area contributed by atoms with Crippen molar-refractivity contribution in [2.75, 3.05) is 13.1 Å². The van der Waals surface area contributed by atoms with Gasteiger partial charge in [0.05, 0.1) is 24.9 Å². The van der Waals surface area contributed by atoms with Gasteiger partial charge in [-0.3, -0.25) is 0 Å². The number of rotatable bonds is 7. The van der Waals surface area contributed by atoms with E-state index in [2.05, 4.69) is 4.72 Å². The van der Waals surface area contributed by atoms with Gasteiger partial charge >= 0.3 is 0 Å². The standard InChI is InChI=1S/C17H28N2O4S/c1-13(2)22-12-17-8-6-5-7-16(17)9-18-24(20,21)19-10-14(3)23-15(4)11-19/h5-8,13-15,18H,9-12H2,1-4H3/t14-,15-/m1/s1. The second-order valence-electron chi connectivity index (χ2n) is 6.53. The first-order valence-electron chi connectivity index (χ1n) is 8.36. The molecule has 1 aliphatic heterocycles. The number of nitrogens with zero attached hydrogens (tertiary/aromatic N) is 1. The van der Waals surface area contributed by atoms with E-state index in [0.717, 1.165) is 11.1 Å². The lowest BCUT2D eigenvalue weighted by atomic mass is 10.1. The molecule has 0 radical (unpaired) electrons. The molecule has 0 saturated carbocycles. The first kappa shape index (κ1) is 19.3. The smallest absolute Gasteiger partial charge is 0.279 e. The summed E-state index contributed by atoms with van der Waals surface area (Å²) in [7, 11) is -3.53. The van der Waals surface area contributed by atoms with Crippen LogP contribution in [0.25, 0.3) is 0 Å². The van der Waals surface area contributed by atoms with Crippen molar-refractivity contribution in [3.8, 4) is 0 Å². The molecule has 1 aromatic carbocycles. The quantitative estimate of drug-likeness (QED) is 0.812. The number of morpholine rings is 1. The summed E-state index contributed by atoms with van der Waals surface area (Å²) < 4.78 is 40.5. The van der Waals surface area contributed by atoms with E-state index < -0.39 is 10.2 Å². The van der Waals surface area contributed by atoms with Crippen molar-refractivity contribution in [1.82, 2.24) is 9.03 Å². The molecule has 24 heavy (non-hydrogen) atoms. The normalized spacial score (nSPS) is 22.9. The molecule has 0 aliphatic carbocycles. The highest BCUT2D eigenvalue weighted by atomic mass is 32.2. The van der Waals surface area contributed by atoms with Gasteiger partial charge in [0.2, 0.25) is 0 Å². The van der Waals surface area contributed by atoms with E-state index in [1.807, 2.05) is 52.0 Å². The molecule has 2 atom stereocenters. The Balaban J connectivity index is 2.01. The topological polar surface area (TPSA) is 67.9 Å². The molecule has 6 nitrogen and oxygen atoms in total. The zero-order valence-corrected chi connectivity index (χ0v) is 15.7. The number of hydrogen-bond donors (Lipinski definition) is 1. The molecule has 1 aliphatic rings. The summed E-state index contributed by atoms with van der Waals surface area (Å²) in [6, 6.07) is 7.72. The van der Waals surface area contributed by atoms with E-state index in [4.69, 9.17) is 9.47 Å². The molecule has 0 spiro atoms. The van der Waals surface area contributed by atoms with Crippen LogP contribution in [0.3, 0.4) is 0 Å². The summed E-state index contributed by atoms with van der Waals surface area (Å²) in [5.41, 5.74) is 1.92. The number of ether oxygens (including phenoxy) is 2. The van der Waals surface area contributed by atoms with E-state index in [0.29, 0.717) is 19.7 Å². The Morgan fingerprint density at radius 1 is 1.21 bits per heavy atom. The average Bonchev–Trinajstić information content (AvgIpc) is 2.50. The Hall–Kier alpha value is -0.990. The van der Waals surface area contributed by atoms with Gasteiger partial charge in [0.25, 0.3) is 10.2 Å². The molecular formula is C17H28N2O4S. The third kappa shape index (κ3) is 5.53. The first-order valence-corrected chi connectivity index (χ1v) is 9.80. The van der Waals surface area contributed by atoms with Crippen LogP contribution in [0.2, 0.25) is 0 Å². The fourth-order valence-corrected chi connectivity index (χ4v) is 4.05. The maximum Gasteiger partial charge on any atom is 0.279 e. The zero-order valence-electron chi connectivity index (χ0n) is 14.9. The lowest BCUT2D eigenvalue weighted by molar-refractivity contribution is -0.0444. The summed E-state index contributed by atoms with van der Waals surface area (Å²) in [5.74, 6) is 0. The van der Waals surface area contributed by atoms with Gasteiger partial charge in [-0.15, -0.1) is 0 Å². The van der Waals surface area contributed by atoms with E-state index in [1.165, 1.54) is 4.31 Å². The van der Waals surface area contributed by atoms with Crippen molar-refractivity contribution in [2.45, 2.75) is 59.2 Å². The first-order chi connectivity index (χ1) is 11.3. The van der Waals surface area contributed by atoms with Crippen molar-refractivity contribution in [2.24, 2.45) is 0 Å². The molecule has 2 rings (SSSR count). The minimum absolute atomic E-state index is 0.1000. The van der Waals surface area contributed by atoms with Gasteiger partial charge in [-0.05, 0) is 38.8 Å². The summed E-state index contributed by atoms with van der Waals surface area (Å²) in [5, 5.41) is 0. The number of hydrogen-bond acceptors (Lipinski definition) is 4. The fraction of sp³-hybridized carbons (Fsp3) is 0.647. The molecule has 0 aromatic heterocycles. The van der Waals surface area contributed by atoms with Gasteiger partial charge in [0, 0.05) is 19.6 Å².